The molecule has 7 nitrogen and oxygen atoms in total. The van der Waals surface area contributed by atoms with Gasteiger partial charge in [-0.1, -0.05) is 17.3 Å². The second-order valence-corrected chi connectivity index (χ2v) is 8.26. The molecule has 1 aliphatic heterocycles. The molecular formula is C25H20F2N4O3S. The van der Waals surface area contributed by atoms with Crippen molar-refractivity contribution in [3.63, 3.8) is 0 Å². The summed E-state index contributed by atoms with van der Waals surface area (Å²) < 4.78 is 44.0. The number of rotatable bonds is 6. The van der Waals surface area contributed by atoms with Crippen molar-refractivity contribution in [1.82, 2.24) is 20.4 Å². The Morgan fingerprint density at radius 1 is 1.14 bits per heavy atom. The summed E-state index contributed by atoms with van der Waals surface area (Å²) >= 11 is 5.65. The van der Waals surface area contributed by atoms with Crippen LogP contribution in [-0.2, 0) is 6.54 Å². The van der Waals surface area contributed by atoms with E-state index in [1.165, 1.54) is 31.4 Å². The molecule has 0 fully saturated rings. The summed E-state index contributed by atoms with van der Waals surface area (Å²) in [4.78, 5) is 6.41. The fraction of sp³-hybridized carbons (Fsp3) is 0.160. The number of hydrogen-bond acceptors (Lipinski definition) is 6. The molecule has 2 aromatic carbocycles. The van der Waals surface area contributed by atoms with E-state index in [4.69, 9.17) is 25.9 Å². The molecule has 1 aliphatic rings. The lowest BCUT2D eigenvalue weighted by atomic mass is 9.94. The van der Waals surface area contributed by atoms with Crippen LogP contribution in [0.15, 0.2) is 75.5 Å². The topological polar surface area (TPSA) is 76.6 Å². The molecule has 1 N–H and O–H groups in total. The molecule has 3 heterocycles. The van der Waals surface area contributed by atoms with Crippen LogP contribution in [0.4, 0.5) is 8.78 Å². The van der Waals surface area contributed by atoms with E-state index in [1.54, 1.807) is 30.5 Å². The van der Waals surface area contributed by atoms with Crippen LogP contribution in [-0.4, -0.2) is 27.3 Å². The SMILES string of the molecule is COc1ccc(-c2noc(C3=C(C)N(Cc4ccco4)C(=S)NC3c3ccc(F)cc3)n2)cc1F. The van der Waals surface area contributed by atoms with Crippen molar-refractivity contribution in [3.05, 3.63) is 95.4 Å². The van der Waals surface area contributed by atoms with Crippen LogP contribution in [0.3, 0.4) is 0 Å². The summed E-state index contributed by atoms with van der Waals surface area (Å²) in [5, 5.41) is 7.83. The van der Waals surface area contributed by atoms with Gasteiger partial charge in [-0.2, -0.15) is 4.98 Å². The molecule has 0 saturated carbocycles. The fourth-order valence-electron chi connectivity index (χ4n) is 3.97. The van der Waals surface area contributed by atoms with Crippen molar-refractivity contribution < 1.29 is 22.5 Å². The van der Waals surface area contributed by atoms with E-state index >= 15 is 0 Å². The molecule has 4 aromatic rings. The van der Waals surface area contributed by atoms with Crippen LogP contribution >= 0.6 is 12.2 Å². The highest BCUT2D eigenvalue weighted by Gasteiger charge is 2.34. The average molecular weight is 495 g/mol. The van der Waals surface area contributed by atoms with E-state index in [9.17, 15) is 8.78 Å². The predicted molar refractivity (Wildman–Crippen MR) is 128 cm³/mol. The van der Waals surface area contributed by atoms with Crippen LogP contribution in [0.2, 0.25) is 0 Å². The normalized spacial score (nSPS) is 15.9. The van der Waals surface area contributed by atoms with E-state index in [1.807, 2.05) is 17.9 Å². The first-order valence-corrected chi connectivity index (χ1v) is 11.1. The third-order valence-electron chi connectivity index (χ3n) is 5.76. The van der Waals surface area contributed by atoms with Crippen LogP contribution in [0.5, 0.6) is 5.75 Å². The van der Waals surface area contributed by atoms with Gasteiger partial charge in [-0.15, -0.1) is 0 Å². The van der Waals surface area contributed by atoms with Gasteiger partial charge in [0.2, 0.25) is 5.82 Å². The zero-order valence-corrected chi connectivity index (χ0v) is 19.6. The smallest absolute Gasteiger partial charge is 0.258 e. The van der Waals surface area contributed by atoms with Crippen molar-refractivity contribution in [3.8, 4) is 17.1 Å². The number of nitrogens with one attached hydrogen (secondary N) is 1. The van der Waals surface area contributed by atoms with Crippen molar-refractivity contribution >= 4 is 22.9 Å². The maximum absolute atomic E-state index is 14.3. The summed E-state index contributed by atoms with van der Waals surface area (Å²) in [5.74, 6) is 0.382. The zero-order valence-electron chi connectivity index (χ0n) is 18.8. The van der Waals surface area contributed by atoms with Crippen LogP contribution in [0, 0.1) is 11.6 Å². The molecule has 2 aromatic heterocycles. The van der Waals surface area contributed by atoms with Crippen molar-refractivity contribution in [2.24, 2.45) is 0 Å². The van der Waals surface area contributed by atoms with Gasteiger partial charge in [-0.05, 0) is 67.2 Å². The Kier molecular flexibility index (Phi) is 6.04. The molecule has 5 rings (SSSR count). The molecule has 178 valence electrons. The van der Waals surface area contributed by atoms with Gasteiger partial charge in [0.15, 0.2) is 16.7 Å². The first kappa shape index (κ1) is 22.7. The lowest BCUT2D eigenvalue weighted by molar-refractivity contribution is 0.382. The molecule has 35 heavy (non-hydrogen) atoms. The minimum atomic E-state index is -0.537. The van der Waals surface area contributed by atoms with Gasteiger partial charge >= 0.3 is 0 Å². The van der Waals surface area contributed by atoms with E-state index in [0.29, 0.717) is 28.6 Å². The number of methoxy groups -OCH3 is 1. The number of nitrogens with zero attached hydrogens (tertiary/aromatic N) is 3. The van der Waals surface area contributed by atoms with Crippen molar-refractivity contribution in [1.29, 1.82) is 0 Å². The third-order valence-corrected chi connectivity index (χ3v) is 6.10. The predicted octanol–water partition coefficient (Wildman–Crippen LogP) is 5.48. The fourth-order valence-corrected chi connectivity index (χ4v) is 4.29. The van der Waals surface area contributed by atoms with Gasteiger partial charge in [0, 0.05) is 11.3 Å². The minimum absolute atomic E-state index is 0.117. The second kappa shape index (κ2) is 9.30. The van der Waals surface area contributed by atoms with Crippen molar-refractivity contribution in [2.75, 3.05) is 7.11 Å². The second-order valence-electron chi connectivity index (χ2n) is 7.87. The molecule has 0 aliphatic carbocycles. The number of aromatic nitrogens is 2. The Balaban J connectivity index is 1.58. The number of furan rings is 1. The van der Waals surface area contributed by atoms with E-state index in [0.717, 1.165) is 11.3 Å². The Labute approximate surface area is 205 Å². The summed E-state index contributed by atoms with van der Waals surface area (Å²) in [5.41, 5.74) is 2.61. The van der Waals surface area contributed by atoms with Crippen molar-refractivity contribution in [2.45, 2.75) is 19.5 Å². The van der Waals surface area contributed by atoms with Gasteiger partial charge in [-0.3, -0.25) is 0 Å². The molecule has 0 amide bonds. The van der Waals surface area contributed by atoms with Gasteiger partial charge in [0.1, 0.15) is 11.6 Å². The molecule has 1 unspecified atom stereocenters. The molecule has 0 radical (unpaired) electrons. The molecule has 0 spiro atoms. The Hall–Kier alpha value is -4.05. The largest absolute Gasteiger partial charge is 0.494 e. The van der Waals surface area contributed by atoms with Gasteiger partial charge in [0.05, 0.1) is 31.5 Å². The highest BCUT2D eigenvalue weighted by atomic mass is 32.1. The third kappa shape index (κ3) is 4.40. The maximum atomic E-state index is 14.3. The summed E-state index contributed by atoms with van der Waals surface area (Å²) in [7, 11) is 1.39. The first-order chi connectivity index (χ1) is 16.9. The van der Waals surface area contributed by atoms with Gasteiger partial charge < -0.3 is 23.9 Å². The maximum Gasteiger partial charge on any atom is 0.258 e. The van der Waals surface area contributed by atoms with Crippen LogP contribution < -0.4 is 10.1 Å². The quantitative estimate of drug-likeness (QED) is 0.353. The van der Waals surface area contributed by atoms with E-state index < -0.39 is 11.9 Å². The molecule has 0 bridgehead atoms. The zero-order chi connectivity index (χ0) is 24.5. The highest BCUT2D eigenvalue weighted by Crippen LogP contribution is 2.38. The van der Waals surface area contributed by atoms with Gasteiger partial charge in [0.25, 0.3) is 5.89 Å². The first-order valence-electron chi connectivity index (χ1n) is 10.7. The molecular weight excluding hydrogens is 474 g/mol. The van der Waals surface area contributed by atoms with Crippen LogP contribution in [0.25, 0.3) is 17.0 Å². The van der Waals surface area contributed by atoms with E-state index in [-0.39, 0.29) is 23.3 Å². The van der Waals surface area contributed by atoms with E-state index in [2.05, 4.69) is 15.5 Å². The number of hydrogen-bond donors (Lipinski definition) is 1. The van der Waals surface area contributed by atoms with Gasteiger partial charge in [-0.25, -0.2) is 8.78 Å². The number of benzene rings is 2. The number of halogens is 2. The monoisotopic (exact) mass is 494 g/mol. The number of allylic oxidation sites excluding steroid dienone is 1. The summed E-state index contributed by atoms with van der Waals surface area (Å²) in [6, 6.07) is 13.7. The summed E-state index contributed by atoms with van der Waals surface area (Å²) in [6.07, 6.45) is 1.59. The molecule has 10 heteroatoms. The standard InChI is InChI=1S/C25H20F2N4O3S/c1-14-21(24-29-23(30-34-24)16-7-10-20(32-2)19(27)12-16)22(15-5-8-17(26)9-6-15)28-25(35)31(14)13-18-4-3-11-33-18/h3-12,22H,13H2,1-2H3,(H,28,35). The molecule has 0 saturated heterocycles. The Morgan fingerprint density at radius 2 is 1.94 bits per heavy atom. The average Bonchev–Trinajstić information content (AvgIpc) is 3.54. The van der Waals surface area contributed by atoms with Crippen LogP contribution in [0.1, 0.15) is 30.2 Å². The highest BCUT2D eigenvalue weighted by molar-refractivity contribution is 7.80. The lowest BCUT2D eigenvalue weighted by Crippen LogP contribution is -2.45. The summed E-state index contributed by atoms with van der Waals surface area (Å²) in [6.45, 7) is 2.27. The number of ether oxygens (including phenoxy) is 1. The number of thiocarbonyl (C=S) groups is 1. The minimum Gasteiger partial charge on any atom is -0.494 e. The Morgan fingerprint density at radius 3 is 2.63 bits per heavy atom. The molecule has 1 atom stereocenters. The lowest BCUT2D eigenvalue weighted by Gasteiger charge is -2.37. The Bertz CT molecular complexity index is 1400.